The molecule has 0 aliphatic heterocycles. The van der Waals surface area contributed by atoms with Gasteiger partial charge in [-0.15, -0.1) is 0 Å². The van der Waals surface area contributed by atoms with Crippen molar-refractivity contribution < 1.29 is 23.5 Å². The quantitative estimate of drug-likeness (QED) is 0.460. The lowest BCUT2D eigenvalue weighted by Gasteiger charge is -2.13. The first-order valence-corrected chi connectivity index (χ1v) is 5.63. The SMILES string of the molecule is CCOC(=O)C(=O)c1cc(F)ccc1OC(C)C. The van der Waals surface area contributed by atoms with Gasteiger partial charge in [0.2, 0.25) is 0 Å². The van der Waals surface area contributed by atoms with Crippen LogP contribution in [0.3, 0.4) is 0 Å². The van der Waals surface area contributed by atoms with E-state index >= 15 is 0 Å². The Morgan fingerprint density at radius 1 is 1.33 bits per heavy atom. The molecule has 0 amide bonds. The van der Waals surface area contributed by atoms with Crippen LogP contribution in [0.4, 0.5) is 4.39 Å². The van der Waals surface area contributed by atoms with Crippen LogP contribution in [0.15, 0.2) is 18.2 Å². The third-order valence-corrected chi connectivity index (χ3v) is 2.01. The number of halogens is 1. The van der Waals surface area contributed by atoms with Gasteiger partial charge >= 0.3 is 5.97 Å². The Morgan fingerprint density at radius 2 is 2.00 bits per heavy atom. The molecule has 98 valence electrons. The van der Waals surface area contributed by atoms with E-state index in [1.54, 1.807) is 20.8 Å². The largest absolute Gasteiger partial charge is 0.490 e. The molecule has 5 heteroatoms. The van der Waals surface area contributed by atoms with Gasteiger partial charge < -0.3 is 9.47 Å². The number of hydrogen-bond donors (Lipinski definition) is 0. The maximum Gasteiger partial charge on any atom is 0.379 e. The molecule has 0 N–H and O–H groups in total. The van der Waals surface area contributed by atoms with E-state index in [0.717, 1.165) is 6.07 Å². The predicted molar refractivity (Wildman–Crippen MR) is 63.1 cm³/mol. The zero-order valence-corrected chi connectivity index (χ0v) is 10.5. The van der Waals surface area contributed by atoms with Crippen LogP contribution in [0.5, 0.6) is 5.75 Å². The first-order valence-electron chi connectivity index (χ1n) is 5.63. The minimum absolute atomic E-state index is 0.0836. The monoisotopic (exact) mass is 254 g/mol. The number of Topliss-reactive ketones (excluding diaryl/α,β-unsaturated/α-hetero) is 1. The van der Waals surface area contributed by atoms with E-state index in [-0.39, 0.29) is 24.0 Å². The van der Waals surface area contributed by atoms with Crippen molar-refractivity contribution >= 4 is 11.8 Å². The fourth-order valence-electron chi connectivity index (χ4n) is 1.34. The fraction of sp³-hybridized carbons (Fsp3) is 0.385. The van der Waals surface area contributed by atoms with Gasteiger partial charge in [0.05, 0.1) is 18.3 Å². The Kier molecular flexibility index (Phi) is 4.83. The Morgan fingerprint density at radius 3 is 2.56 bits per heavy atom. The van der Waals surface area contributed by atoms with Gasteiger partial charge in [-0.05, 0) is 39.0 Å². The molecule has 1 rings (SSSR count). The van der Waals surface area contributed by atoms with Crippen LogP contribution in [-0.2, 0) is 9.53 Å². The highest BCUT2D eigenvalue weighted by molar-refractivity contribution is 6.41. The molecule has 0 unspecified atom stereocenters. The van der Waals surface area contributed by atoms with Crippen molar-refractivity contribution in [3.05, 3.63) is 29.6 Å². The van der Waals surface area contributed by atoms with Crippen LogP contribution in [0.25, 0.3) is 0 Å². The lowest BCUT2D eigenvalue weighted by Crippen LogP contribution is -2.19. The number of ketones is 1. The second kappa shape index (κ2) is 6.14. The van der Waals surface area contributed by atoms with Gasteiger partial charge in [0.1, 0.15) is 11.6 Å². The van der Waals surface area contributed by atoms with Crippen molar-refractivity contribution in [3.8, 4) is 5.75 Å². The summed E-state index contributed by atoms with van der Waals surface area (Å²) >= 11 is 0. The molecule has 0 bridgehead atoms. The Labute approximate surface area is 105 Å². The minimum atomic E-state index is -1.02. The third-order valence-electron chi connectivity index (χ3n) is 2.01. The molecule has 0 aromatic heterocycles. The van der Waals surface area contributed by atoms with Crippen molar-refractivity contribution in [2.45, 2.75) is 26.9 Å². The van der Waals surface area contributed by atoms with Crippen molar-refractivity contribution in [2.24, 2.45) is 0 Å². The van der Waals surface area contributed by atoms with Crippen LogP contribution >= 0.6 is 0 Å². The zero-order chi connectivity index (χ0) is 13.7. The Balaban J connectivity index is 3.08. The fourth-order valence-corrected chi connectivity index (χ4v) is 1.34. The molecule has 4 nitrogen and oxygen atoms in total. The predicted octanol–water partition coefficient (Wildman–Crippen LogP) is 2.36. The first-order chi connectivity index (χ1) is 8.45. The van der Waals surface area contributed by atoms with Crippen LogP contribution in [0.2, 0.25) is 0 Å². The maximum absolute atomic E-state index is 13.1. The smallest absolute Gasteiger partial charge is 0.379 e. The molecule has 0 atom stereocenters. The average molecular weight is 254 g/mol. The summed E-state index contributed by atoms with van der Waals surface area (Å²) in [6.45, 7) is 5.20. The summed E-state index contributed by atoms with van der Waals surface area (Å²) in [5.41, 5.74) is -0.123. The van der Waals surface area contributed by atoms with Crippen LogP contribution in [0.1, 0.15) is 31.1 Å². The Bertz CT molecular complexity index is 454. The molecule has 0 spiro atoms. The lowest BCUT2D eigenvalue weighted by atomic mass is 10.1. The van der Waals surface area contributed by atoms with Crippen LogP contribution in [-0.4, -0.2) is 24.5 Å². The highest BCUT2D eigenvalue weighted by Crippen LogP contribution is 2.22. The van der Waals surface area contributed by atoms with Crippen molar-refractivity contribution in [2.75, 3.05) is 6.61 Å². The van der Waals surface area contributed by atoms with Crippen molar-refractivity contribution in [1.29, 1.82) is 0 Å². The van der Waals surface area contributed by atoms with Crippen molar-refractivity contribution in [3.63, 3.8) is 0 Å². The van der Waals surface area contributed by atoms with Gasteiger partial charge in [0, 0.05) is 0 Å². The van der Waals surface area contributed by atoms with Crippen LogP contribution < -0.4 is 4.74 Å². The zero-order valence-electron chi connectivity index (χ0n) is 10.5. The number of rotatable bonds is 5. The van der Waals surface area contributed by atoms with E-state index in [0.29, 0.717) is 0 Å². The second-order valence-corrected chi connectivity index (χ2v) is 3.86. The van der Waals surface area contributed by atoms with E-state index in [9.17, 15) is 14.0 Å². The molecular weight excluding hydrogens is 239 g/mol. The van der Waals surface area contributed by atoms with Crippen LogP contribution in [0, 0.1) is 5.82 Å². The van der Waals surface area contributed by atoms with Crippen molar-refractivity contribution in [1.82, 2.24) is 0 Å². The van der Waals surface area contributed by atoms with E-state index in [1.165, 1.54) is 12.1 Å². The van der Waals surface area contributed by atoms with Gasteiger partial charge in [0.15, 0.2) is 0 Å². The van der Waals surface area contributed by atoms with E-state index in [1.807, 2.05) is 0 Å². The van der Waals surface area contributed by atoms with Gasteiger partial charge in [-0.2, -0.15) is 0 Å². The first kappa shape index (κ1) is 14.2. The summed E-state index contributed by atoms with van der Waals surface area (Å²) in [4.78, 5) is 23.1. The molecule has 0 saturated heterocycles. The van der Waals surface area contributed by atoms with Gasteiger partial charge in [-0.25, -0.2) is 9.18 Å². The molecule has 0 heterocycles. The summed E-state index contributed by atoms with van der Waals surface area (Å²) in [6, 6.07) is 3.46. The summed E-state index contributed by atoms with van der Waals surface area (Å²) in [7, 11) is 0. The second-order valence-electron chi connectivity index (χ2n) is 3.86. The third kappa shape index (κ3) is 3.55. The normalized spacial score (nSPS) is 10.3. The van der Waals surface area contributed by atoms with E-state index in [4.69, 9.17) is 4.74 Å². The number of ether oxygens (including phenoxy) is 2. The number of hydrogen-bond acceptors (Lipinski definition) is 4. The summed E-state index contributed by atoms with van der Waals surface area (Å²) < 4.78 is 23.1. The topological polar surface area (TPSA) is 52.6 Å². The summed E-state index contributed by atoms with van der Waals surface area (Å²) in [5.74, 6) is -2.37. The molecule has 18 heavy (non-hydrogen) atoms. The number of carbonyl (C=O) groups is 2. The number of benzene rings is 1. The molecule has 0 aliphatic carbocycles. The number of esters is 1. The molecule has 1 aromatic rings. The average Bonchev–Trinajstić information content (AvgIpc) is 2.30. The molecule has 1 aromatic carbocycles. The van der Waals surface area contributed by atoms with Gasteiger partial charge in [-0.1, -0.05) is 0 Å². The van der Waals surface area contributed by atoms with E-state index in [2.05, 4.69) is 4.74 Å². The molecule has 0 aliphatic rings. The molecule has 0 fully saturated rings. The highest BCUT2D eigenvalue weighted by Gasteiger charge is 2.22. The molecule has 0 saturated carbocycles. The lowest BCUT2D eigenvalue weighted by molar-refractivity contribution is -0.137. The van der Waals surface area contributed by atoms with Gasteiger partial charge in [-0.3, -0.25) is 4.79 Å². The van der Waals surface area contributed by atoms with E-state index < -0.39 is 17.6 Å². The van der Waals surface area contributed by atoms with Gasteiger partial charge in [0.25, 0.3) is 5.78 Å². The molecule has 0 radical (unpaired) electrons. The Hall–Kier alpha value is -1.91. The highest BCUT2D eigenvalue weighted by atomic mass is 19.1. The maximum atomic E-state index is 13.1. The number of carbonyl (C=O) groups excluding carboxylic acids is 2. The summed E-state index contributed by atoms with van der Waals surface area (Å²) in [6.07, 6.45) is -0.191. The summed E-state index contributed by atoms with van der Waals surface area (Å²) in [5, 5.41) is 0. The minimum Gasteiger partial charge on any atom is -0.490 e. The molecular formula is C13H15FO4. The standard InChI is InChI=1S/C13H15FO4/c1-4-17-13(16)12(15)10-7-9(14)5-6-11(10)18-8(2)3/h5-8H,4H2,1-3H3.